The second-order valence-corrected chi connectivity index (χ2v) is 13.0. The zero-order valence-corrected chi connectivity index (χ0v) is 29.4. The fourth-order valence-corrected chi connectivity index (χ4v) is 6.63. The number of carbonyl (C=O) groups is 4. The van der Waals surface area contributed by atoms with Crippen molar-refractivity contribution in [1.29, 1.82) is 0 Å². The molecule has 0 unspecified atom stereocenters. The van der Waals surface area contributed by atoms with Crippen LogP contribution in [-0.4, -0.2) is 100 Å². The first-order valence-corrected chi connectivity index (χ1v) is 17.8. The molecule has 0 radical (unpaired) electrons. The molecule has 2 aliphatic rings. The molecule has 2 heterocycles. The summed E-state index contributed by atoms with van der Waals surface area (Å²) in [5, 5.41) is 16.2. The number of phenols is 1. The quantitative estimate of drug-likeness (QED) is 0.159. The number of amides is 4. The van der Waals surface area contributed by atoms with Gasteiger partial charge < -0.3 is 25.0 Å². The van der Waals surface area contributed by atoms with Gasteiger partial charge in [0, 0.05) is 51.3 Å². The van der Waals surface area contributed by atoms with E-state index in [0.29, 0.717) is 31.6 Å². The fourth-order valence-electron chi connectivity index (χ4n) is 6.63. The predicted molar refractivity (Wildman–Crippen MR) is 194 cm³/mol. The lowest BCUT2D eigenvalue weighted by Crippen LogP contribution is -2.75. The molecule has 2 saturated heterocycles. The summed E-state index contributed by atoms with van der Waals surface area (Å²) in [4.78, 5) is 58.6. The Hall–Kier alpha value is -5.00. The maximum atomic E-state index is 14.3. The first-order valence-electron chi connectivity index (χ1n) is 17.8. The molecule has 11 nitrogen and oxygen atoms in total. The number of nitrogens with one attached hydrogen (secondary N) is 1. The lowest BCUT2D eigenvalue weighted by molar-refractivity contribution is -0.205. The molecule has 2 fully saturated rings. The maximum absolute atomic E-state index is 14.3. The molecular weight excluding hydrogens is 646 g/mol. The highest BCUT2D eigenvalue weighted by molar-refractivity contribution is 5.94. The second kappa shape index (κ2) is 18.3. The lowest BCUT2D eigenvalue weighted by atomic mass is 9.97. The van der Waals surface area contributed by atoms with Crippen molar-refractivity contribution in [3.63, 3.8) is 0 Å². The number of ether oxygens (including phenoxy) is 1. The molecule has 5 rings (SSSR count). The van der Waals surface area contributed by atoms with Crippen LogP contribution in [0, 0.1) is 0 Å². The van der Waals surface area contributed by atoms with Crippen molar-refractivity contribution in [1.82, 2.24) is 25.1 Å². The molecule has 2 atom stereocenters. The van der Waals surface area contributed by atoms with Crippen molar-refractivity contribution in [3.8, 4) is 5.75 Å². The molecule has 11 heteroatoms. The van der Waals surface area contributed by atoms with Crippen molar-refractivity contribution in [3.05, 3.63) is 114 Å². The summed E-state index contributed by atoms with van der Waals surface area (Å²) in [6, 6.07) is 22.6. The van der Waals surface area contributed by atoms with E-state index in [0.717, 1.165) is 36.1 Å². The molecule has 0 bridgehead atoms. The monoisotopic (exact) mass is 695 g/mol. The van der Waals surface area contributed by atoms with Gasteiger partial charge in [-0.1, -0.05) is 74.0 Å². The zero-order valence-electron chi connectivity index (χ0n) is 29.4. The Kier molecular flexibility index (Phi) is 13.4. The number of fused-ring (bicyclic) bond motifs is 1. The minimum atomic E-state index is -0.887. The van der Waals surface area contributed by atoms with Gasteiger partial charge in [-0.05, 0) is 60.2 Å². The van der Waals surface area contributed by atoms with Gasteiger partial charge in [0.2, 0.25) is 17.7 Å². The van der Waals surface area contributed by atoms with Gasteiger partial charge in [0.15, 0.2) is 0 Å². The number of hydrogen-bond donors (Lipinski definition) is 2. The minimum Gasteiger partial charge on any atom is -0.508 e. The highest BCUT2D eigenvalue weighted by Crippen LogP contribution is 2.30. The van der Waals surface area contributed by atoms with E-state index in [1.165, 1.54) is 0 Å². The van der Waals surface area contributed by atoms with Crippen LogP contribution in [-0.2, 0) is 38.5 Å². The summed E-state index contributed by atoms with van der Waals surface area (Å²) in [6.45, 7) is 8.26. The Morgan fingerprint density at radius 2 is 1.71 bits per heavy atom. The second-order valence-electron chi connectivity index (χ2n) is 13.0. The van der Waals surface area contributed by atoms with Crippen LogP contribution in [0.2, 0.25) is 0 Å². The first kappa shape index (κ1) is 37.3. The molecule has 2 N–H and O–H groups in total. The average molecular weight is 696 g/mol. The number of hydrogen-bond acceptors (Lipinski definition) is 7. The molecule has 3 aromatic carbocycles. The molecule has 2 aliphatic heterocycles. The van der Waals surface area contributed by atoms with Gasteiger partial charge in [-0.25, -0.2) is 10.0 Å². The van der Waals surface area contributed by atoms with Crippen LogP contribution in [0.1, 0.15) is 59.7 Å². The number of rotatable bonds is 17. The number of benzene rings is 3. The van der Waals surface area contributed by atoms with Gasteiger partial charge in [0.25, 0.3) is 5.91 Å². The average Bonchev–Trinajstić information content (AvgIpc) is 3.13. The van der Waals surface area contributed by atoms with E-state index in [2.05, 4.69) is 18.8 Å². The number of unbranched alkanes of at least 4 members (excludes halogenated alkanes) is 1. The van der Waals surface area contributed by atoms with Crippen LogP contribution >= 0.6 is 0 Å². The molecule has 51 heavy (non-hydrogen) atoms. The summed E-state index contributed by atoms with van der Waals surface area (Å²) in [5.41, 5.74) is 3.03. The third-order valence-corrected chi connectivity index (χ3v) is 9.22. The van der Waals surface area contributed by atoms with Crippen LogP contribution in [0.25, 0.3) is 0 Å². The summed E-state index contributed by atoms with van der Waals surface area (Å²) in [6.07, 6.45) is 4.66. The Morgan fingerprint density at radius 1 is 0.961 bits per heavy atom. The summed E-state index contributed by atoms with van der Waals surface area (Å²) < 4.78 is 5.59. The van der Waals surface area contributed by atoms with E-state index < -0.39 is 12.2 Å². The number of nitrogens with zero attached hydrogens (tertiary/aromatic N) is 4. The molecule has 3 aromatic rings. The first-order chi connectivity index (χ1) is 24.8. The highest BCUT2D eigenvalue weighted by atomic mass is 16.5. The third-order valence-electron chi connectivity index (χ3n) is 9.22. The molecular formula is C40H49N5O6. The van der Waals surface area contributed by atoms with Crippen LogP contribution in [0.5, 0.6) is 5.75 Å². The number of piperazine rings is 1. The smallest absolute Gasteiger partial charge is 0.251 e. The predicted octanol–water partition coefficient (Wildman–Crippen LogP) is 4.32. The Morgan fingerprint density at radius 3 is 2.45 bits per heavy atom. The summed E-state index contributed by atoms with van der Waals surface area (Å²) in [7, 11) is 0. The Bertz CT molecular complexity index is 1650. The molecule has 0 aliphatic carbocycles. The minimum absolute atomic E-state index is 0.0685. The van der Waals surface area contributed by atoms with E-state index in [-0.39, 0.29) is 68.4 Å². The summed E-state index contributed by atoms with van der Waals surface area (Å²) >= 11 is 0. The normalized spacial score (nSPS) is 17.7. The van der Waals surface area contributed by atoms with Gasteiger partial charge in [-0.15, -0.1) is 6.58 Å². The van der Waals surface area contributed by atoms with Gasteiger partial charge in [-0.2, -0.15) is 0 Å². The molecule has 0 spiro atoms. The van der Waals surface area contributed by atoms with Crippen LogP contribution in [0.15, 0.2) is 91.5 Å². The topological polar surface area (TPSA) is 123 Å². The van der Waals surface area contributed by atoms with Gasteiger partial charge in [0.1, 0.15) is 18.0 Å². The SMILES string of the molecule is C=CCN1CC(=O)N2[C@@H](Cc3ccc(O)cc3)C(=O)N(Cc3cccc(C(=O)NCCCOCCCC)c3)C[C@@H]2N1C(=O)CCc1ccccc1. The number of phenolic OH excluding ortho intramolecular Hbond substituents is 1. The van der Waals surface area contributed by atoms with Crippen molar-refractivity contribution in [2.45, 2.75) is 64.2 Å². The highest BCUT2D eigenvalue weighted by Gasteiger charge is 2.51. The van der Waals surface area contributed by atoms with Crippen molar-refractivity contribution >= 4 is 23.6 Å². The van der Waals surface area contributed by atoms with E-state index in [9.17, 15) is 24.3 Å². The number of hydrazine groups is 1. The van der Waals surface area contributed by atoms with Gasteiger partial charge >= 0.3 is 0 Å². The van der Waals surface area contributed by atoms with Crippen molar-refractivity contribution in [2.24, 2.45) is 0 Å². The standard InChI is InChI=1S/C40H49N5O6/c1-3-5-23-51-24-10-21-41-39(49)33-14-9-13-32(25-33)27-42-28-36-44(35(40(42)50)26-31-15-18-34(46)19-16-31)38(48)29-43(22-4-2)45(36)37(47)20-17-30-11-7-6-8-12-30/h4,6-9,11-16,18-19,25,35-36,46H,2-3,5,10,17,20-24,26-29H2,1H3,(H,41,49)/t35-,36-/m0/s1. The fraction of sp³-hybridized carbons (Fsp3) is 0.400. The van der Waals surface area contributed by atoms with E-state index in [1.807, 2.05) is 36.4 Å². The lowest BCUT2D eigenvalue weighted by Gasteiger charge is -2.55. The largest absolute Gasteiger partial charge is 0.508 e. The van der Waals surface area contributed by atoms with Crippen LogP contribution in [0.3, 0.4) is 0 Å². The van der Waals surface area contributed by atoms with E-state index in [4.69, 9.17) is 4.74 Å². The third kappa shape index (κ3) is 9.83. The number of carbonyl (C=O) groups excluding carboxylic acids is 4. The molecule has 0 aromatic heterocycles. The molecule has 4 amide bonds. The van der Waals surface area contributed by atoms with Crippen LogP contribution in [0.4, 0.5) is 0 Å². The van der Waals surface area contributed by atoms with Crippen LogP contribution < -0.4 is 5.32 Å². The molecule has 0 saturated carbocycles. The number of aromatic hydroxyl groups is 1. The van der Waals surface area contributed by atoms with Crippen molar-refractivity contribution in [2.75, 3.05) is 39.4 Å². The summed E-state index contributed by atoms with van der Waals surface area (Å²) in [5.74, 6) is -0.767. The maximum Gasteiger partial charge on any atom is 0.251 e. The van der Waals surface area contributed by atoms with E-state index in [1.54, 1.807) is 68.4 Å². The zero-order chi connectivity index (χ0) is 36.2. The van der Waals surface area contributed by atoms with E-state index >= 15 is 0 Å². The number of aryl methyl sites for hydroxylation is 1. The van der Waals surface area contributed by atoms with Gasteiger partial charge in [0.05, 0.1) is 13.1 Å². The van der Waals surface area contributed by atoms with Gasteiger partial charge in [-0.3, -0.25) is 19.2 Å². The molecule has 270 valence electrons. The van der Waals surface area contributed by atoms with Crippen molar-refractivity contribution < 1.29 is 29.0 Å². The Balaban J connectivity index is 1.38. The Labute approximate surface area is 300 Å².